The first kappa shape index (κ1) is 18.6. The summed E-state index contributed by atoms with van der Waals surface area (Å²) in [4.78, 5) is 3.84. The Labute approximate surface area is 133 Å². The molecule has 0 aliphatic carbocycles. The smallest absolute Gasteiger partial charge is 0.0596 e. The summed E-state index contributed by atoms with van der Waals surface area (Å²) in [6.07, 6.45) is 1.98. The number of rotatable bonds is 11. The lowest BCUT2D eigenvalue weighted by atomic mass is 10.00. The Balaban J connectivity index is 2.90. The molecule has 0 aliphatic heterocycles. The van der Waals surface area contributed by atoms with E-state index in [2.05, 4.69) is 30.2 Å². The Morgan fingerprint density at radius 1 is 1.24 bits per heavy atom. The zero-order valence-corrected chi connectivity index (χ0v) is 14.6. The van der Waals surface area contributed by atoms with Gasteiger partial charge >= 0.3 is 0 Å². The average molecular weight is 314 g/mol. The molecule has 0 aromatic carbocycles. The van der Waals surface area contributed by atoms with Crippen LogP contribution in [0.1, 0.15) is 36.2 Å². The fourth-order valence-electron chi connectivity index (χ4n) is 2.55. The highest BCUT2D eigenvalue weighted by atomic mass is 32.1. The summed E-state index contributed by atoms with van der Waals surface area (Å²) in [6.45, 7) is 7.71. The van der Waals surface area contributed by atoms with Crippen LogP contribution in [0.2, 0.25) is 0 Å². The van der Waals surface area contributed by atoms with Crippen LogP contribution in [-0.2, 0) is 9.47 Å². The second-order valence-electron chi connectivity index (χ2n) is 5.36. The molecule has 2 N–H and O–H groups in total. The molecule has 0 amide bonds. The third-order valence-corrected chi connectivity index (χ3v) is 4.91. The number of nitrogens with two attached hydrogens (primary N) is 1. The lowest BCUT2D eigenvalue weighted by Gasteiger charge is -2.35. The largest absolute Gasteiger partial charge is 0.385 e. The molecule has 0 saturated heterocycles. The first-order chi connectivity index (χ1) is 10.2. The summed E-state index contributed by atoms with van der Waals surface area (Å²) in [5.74, 6) is 0. The Morgan fingerprint density at radius 2 is 1.95 bits per heavy atom. The maximum absolute atomic E-state index is 6.45. The first-order valence-electron chi connectivity index (χ1n) is 7.67. The molecule has 1 heterocycles. The average Bonchev–Trinajstić information content (AvgIpc) is 2.90. The van der Waals surface area contributed by atoms with E-state index >= 15 is 0 Å². The number of ether oxygens (including phenoxy) is 2. The topological polar surface area (TPSA) is 47.7 Å². The van der Waals surface area contributed by atoms with E-state index in [4.69, 9.17) is 15.2 Å². The molecule has 0 bridgehead atoms. The van der Waals surface area contributed by atoms with Crippen LogP contribution in [0.3, 0.4) is 0 Å². The Kier molecular flexibility index (Phi) is 9.11. The molecule has 1 aromatic heterocycles. The summed E-state index contributed by atoms with van der Waals surface area (Å²) in [5.41, 5.74) is 7.78. The van der Waals surface area contributed by atoms with E-state index in [0.717, 1.165) is 39.1 Å². The first-order valence-corrected chi connectivity index (χ1v) is 8.55. The molecule has 0 aliphatic rings. The van der Waals surface area contributed by atoms with Crippen molar-refractivity contribution < 1.29 is 9.47 Å². The predicted molar refractivity (Wildman–Crippen MR) is 90.0 cm³/mol. The molecule has 0 fully saturated rings. The summed E-state index contributed by atoms with van der Waals surface area (Å²) in [6, 6.07) is 2.59. The van der Waals surface area contributed by atoms with E-state index in [-0.39, 0.29) is 12.1 Å². The van der Waals surface area contributed by atoms with Crippen LogP contribution in [0.15, 0.2) is 11.4 Å². The summed E-state index contributed by atoms with van der Waals surface area (Å²) >= 11 is 1.81. The van der Waals surface area contributed by atoms with Crippen molar-refractivity contribution >= 4 is 11.3 Å². The SMILES string of the molecule is CCC(N)C(c1sccc1C)N(CCCOC)CCOC. The van der Waals surface area contributed by atoms with Gasteiger partial charge in [-0.1, -0.05) is 6.92 Å². The molecule has 2 unspecified atom stereocenters. The number of hydrogen-bond acceptors (Lipinski definition) is 5. The van der Waals surface area contributed by atoms with Crippen molar-refractivity contribution in [3.63, 3.8) is 0 Å². The van der Waals surface area contributed by atoms with Crippen molar-refractivity contribution in [1.29, 1.82) is 0 Å². The number of thiophene rings is 1. The van der Waals surface area contributed by atoms with Crippen LogP contribution in [-0.4, -0.2) is 51.5 Å². The van der Waals surface area contributed by atoms with E-state index < -0.39 is 0 Å². The zero-order chi connectivity index (χ0) is 15.7. The standard InChI is InChI=1S/C16H30N2O2S/c1-5-14(17)15(16-13(2)7-12-21-16)18(9-11-20-4)8-6-10-19-3/h7,12,14-15H,5-6,8-11,17H2,1-4H3. The van der Waals surface area contributed by atoms with Crippen LogP contribution in [0.5, 0.6) is 0 Å². The Morgan fingerprint density at radius 3 is 2.48 bits per heavy atom. The van der Waals surface area contributed by atoms with E-state index in [1.165, 1.54) is 10.4 Å². The number of hydrogen-bond donors (Lipinski definition) is 1. The molecule has 4 nitrogen and oxygen atoms in total. The van der Waals surface area contributed by atoms with Gasteiger partial charge in [0.2, 0.25) is 0 Å². The van der Waals surface area contributed by atoms with Crippen molar-refractivity contribution in [1.82, 2.24) is 4.90 Å². The molecule has 0 spiro atoms. The molecule has 1 aromatic rings. The molecule has 0 saturated carbocycles. The van der Waals surface area contributed by atoms with E-state index in [9.17, 15) is 0 Å². The highest BCUT2D eigenvalue weighted by Gasteiger charge is 2.27. The van der Waals surface area contributed by atoms with Gasteiger partial charge in [-0.15, -0.1) is 11.3 Å². The minimum Gasteiger partial charge on any atom is -0.385 e. The van der Waals surface area contributed by atoms with Crippen LogP contribution < -0.4 is 5.73 Å². The third-order valence-electron chi connectivity index (χ3n) is 3.82. The fourth-order valence-corrected chi connectivity index (χ4v) is 3.69. The summed E-state index contributed by atoms with van der Waals surface area (Å²) < 4.78 is 10.5. The third kappa shape index (κ3) is 5.68. The predicted octanol–water partition coefficient (Wildman–Crippen LogP) is 2.82. The van der Waals surface area contributed by atoms with E-state index in [1.54, 1.807) is 14.2 Å². The molecule has 5 heteroatoms. The molecule has 1 rings (SSSR count). The van der Waals surface area contributed by atoms with Gasteiger partial charge in [0.25, 0.3) is 0 Å². The highest BCUT2D eigenvalue weighted by molar-refractivity contribution is 7.10. The van der Waals surface area contributed by atoms with Crippen molar-refractivity contribution in [3.05, 3.63) is 21.9 Å². The molecule has 0 radical (unpaired) electrons. The minimum atomic E-state index is 0.141. The van der Waals surface area contributed by atoms with Gasteiger partial charge in [0.15, 0.2) is 0 Å². The Hall–Kier alpha value is -0.460. The normalized spacial score (nSPS) is 14.6. The van der Waals surface area contributed by atoms with Crippen LogP contribution >= 0.6 is 11.3 Å². The molecule has 122 valence electrons. The summed E-state index contributed by atoms with van der Waals surface area (Å²) in [7, 11) is 3.50. The quantitative estimate of drug-likeness (QED) is 0.638. The number of aryl methyl sites for hydroxylation is 1. The number of nitrogens with zero attached hydrogens (tertiary/aromatic N) is 1. The van der Waals surface area contributed by atoms with Crippen LogP contribution in [0.25, 0.3) is 0 Å². The lowest BCUT2D eigenvalue weighted by Crippen LogP contribution is -2.43. The zero-order valence-electron chi connectivity index (χ0n) is 13.8. The monoisotopic (exact) mass is 314 g/mol. The van der Waals surface area contributed by atoms with E-state index in [1.807, 2.05) is 11.3 Å². The molecule has 21 heavy (non-hydrogen) atoms. The molecular formula is C16H30N2O2S. The number of methoxy groups -OCH3 is 2. The molecule has 2 atom stereocenters. The van der Waals surface area contributed by atoms with Gasteiger partial charge in [0.1, 0.15) is 0 Å². The van der Waals surface area contributed by atoms with Gasteiger partial charge in [0.05, 0.1) is 12.6 Å². The Bertz CT molecular complexity index is 384. The van der Waals surface area contributed by atoms with Crippen molar-refractivity contribution in [2.24, 2.45) is 5.73 Å². The van der Waals surface area contributed by atoms with Gasteiger partial charge in [-0.05, 0) is 36.8 Å². The van der Waals surface area contributed by atoms with Gasteiger partial charge in [0, 0.05) is 44.8 Å². The maximum Gasteiger partial charge on any atom is 0.0596 e. The fraction of sp³-hybridized carbons (Fsp3) is 0.750. The lowest BCUT2D eigenvalue weighted by molar-refractivity contribution is 0.0963. The minimum absolute atomic E-state index is 0.141. The second-order valence-corrected chi connectivity index (χ2v) is 6.31. The van der Waals surface area contributed by atoms with E-state index in [0.29, 0.717) is 0 Å². The van der Waals surface area contributed by atoms with Crippen molar-refractivity contribution in [2.45, 2.75) is 38.8 Å². The van der Waals surface area contributed by atoms with Crippen molar-refractivity contribution in [2.75, 3.05) is 40.5 Å². The van der Waals surface area contributed by atoms with Gasteiger partial charge in [-0.25, -0.2) is 0 Å². The van der Waals surface area contributed by atoms with Crippen LogP contribution in [0, 0.1) is 6.92 Å². The van der Waals surface area contributed by atoms with Crippen molar-refractivity contribution in [3.8, 4) is 0 Å². The maximum atomic E-state index is 6.45. The second kappa shape index (κ2) is 10.3. The van der Waals surface area contributed by atoms with Gasteiger partial charge in [-0.3, -0.25) is 4.90 Å². The van der Waals surface area contributed by atoms with Gasteiger partial charge < -0.3 is 15.2 Å². The highest BCUT2D eigenvalue weighted by Crippen LogP contribution is 2.32. The van der Waals surface area contributed by atoms with Crippen LogP contribution in [0.4, 0.5) is 0 Å². The molecular weight excluding hydrogens is 284 g/mol. The van der Waals surface area contributed by atoms with Gasteiger partial charge in [-0.2, -0.15) is 0 Å². The summed E-state index contributed by atoms with van der Waals surface area (Å²) in [5, 5.41) is 2.16.